The molecule has 1 aromatic rings. The maximum Gasteiger partial charge on any atom is 0.523 e. The molecule has 0 radical (unpaired) electrons. The molecule has 0 aliphatic rings. The van der Waals surface area contributed by atoms with Crippen molar-refractivity contribution in [2.45, 2.75) is 17.3 Å². The van der Waals surface area contributed by atoms with Crippen LogP contribution in [-0.4, -0.2) is 36.6 Å². The number of benzene rings is 1. The maximum absolute atomic E-state index is 11.1. The summed E-state index contributed by atoms with van der Waals surface area (Å²) in [5.41, 5.74) is -4.29. The van der Waals surface area contributed by atoms with Crippen LogP contribution < -0.4 is 0 Å². The molecular weight excluding hydrogens is 337 g/mol. The average molecular weight is 350 g/mol. The standard InChI is InChI=1S/C8H10O3S.C2H3F3O3S/c1-7-3-5-8(6-4-7)12(9,10)11-2;1-8-9(6,7)2(3,4)5/h3-6H,1-2H3;1H3. The van der Waals surface area contributed by atoms with Crippen LogP contribution in [0.5, 0.6) is 0 Å². The van der Waals surface area contributed by atoms with Gasteiger partial charge in [-0.2, -0.15) is 30.0 Å². The number of halogens is 3. The first-order valence-electron chi connectivity index (χ1n) is 5.11. The third-order valence-corrected chi connectivity index (χ3v) is 4.33. The predicted molar refractivity (Wildman–Crippen MR) is 67.4 cm³/mol. The van der Waals surface area contributed by atoms with Gasteiger partial charge in [-0.1, -0.05) is 17.7 Å². The molecule has 122 valence electrons. The van der Waals surface area contributed by atoms with Gasteiger partial charge in [0.25, 0.3) is 10.1 Å². The summed E-state index contributed by atoms with van der Waals surface area (Å²) < 4.78 is 82.4. The van der Waals surface area contributed by atoms with Crippen molar-refractivity contribution >= 4 is 20.2 Å². The van der Waals surface area contributed by atoms with Gasteiger partial charge in [0.05, 0.1) is 19.1 Å². The Balaban J connectivity index is 0.000000400. The van der Waals surface area contributed by atoms with E-state index in [1.807, 2.05) is 6.92 Å². The molecule has 0 atom stereocenters. The Morgan fingerprint density at radius 2 is 1.33 bits per heavy atom. The maximum atomic E-state index is 11.1. The molecule has 0 aliphatic heterocycles. The molecule has 6 nitrogen and oxygen atoms in total. The normalized spacial score (nSPS) is 12.5. The zero-order chi connectivity index (χ0) is 16.9. The van der Waals surface area contributed by atoms with E-state index in [-0.39, 0.29) is 4.90 Å². The van der Waals surface area contributed by atoms with Crippen molar-refractivity contribution in [3.8, 4) is 0 Å². The molecule has 0 fully saturated rings. The third-order valence-electron chi connectivity index (χ3n) is 2.03. The fourth-order valence-corrected chi connectivity index (χ4v) is 1.75. The smallest absolute Gasteiger partial charge is 0.270 e. The van der Waals surface area contributed by atoms with Crippen LogP contribution in [0.1, 0.15) is 5.56 Å². The van der Waals surface area contributed by atoms with Gasteiger partial charge in [-0.3, -0.25) is 8.37 Å². The highest BCUT2D eigenvalue weighted by atomic mass is 32.2. The number of hydrogen-bond donors (Lipinski definition) is 0. The van der Waals surface area contributed by atoms with Gasteiger partial charge in [0, 0.05) is 0 Å². The van der Waals surface area contributed by atoms with Gasteiger partial charge < -0.3 is 0 Å². The summed E-state index contributed by atoms with van der Waals surface area (Å²) in [5, 5.41) is 0. The second-order valence-corrected chi connectivity index (χ2v) is 6.92. The molecule has 0 heterocycles. The minimum absolute atomic E-state index is 0.190. The molecule has 0 spiro atoms. The van der Waals surface area contributed by atoms with Crippen molar-refractivity contribution < 1.29 is 38.4 Å². The molecule has 0 saturated carbocycles. The van der Waals surface area contributed by atoms with Gasteiger partial charge in [0.2, 0.25) is 0 Å². The third kappa shape index (κ3) is 5.99. The van der Waals surface area contributed by atoms with Crippen LogP contribution in [0.3, 0.4) is 0 Å². The molecule has 0 saturated heterocycles. The van der Waals surface area contributed by atoms with Crippen LogP contribution in [0.25, 0.3) is 0 Å². The summed E-state index contributed by atoms with van der Waals surface area (Å²) in [6.07, 6.45) is 0. The lowest BCUT2D eigenvalue weighted by molar-refractivity contribution is -0.0526. The first-order chi connectivity index (χ1) is 9.37. The van der Waals surface area contributed by atoms with Crippen molar-refractivity contribution in [2.75, 3.05) is 14.2 Å². The van der Waals surface area contributed by atoms with Crippen LogP contribution in [0.4, 0.5) is 13.2 Å². The Kier molecular flexibility index (Phi) is 6.80. The Morgan fingerprint density at radius 1 is 0.905 bits per heavy atom. The van der Waals surface area contributed by atoms with Crippen molar-refractivity contribution in [1.82, 2.24) is 0 Å². The fourth-order valence-electron chi connectivity index (χ4n) is 0.896. The van der Waals surface area contributed by atoms with Crippen molar-refractivity contribution in [2.24, 2.45) is 0 Å². The van der Waals surface area contributed by atoms with E-state index in [2.05, 4.69) is 8.37 Å². The molecule has 0 unspecified atom stereocenters. The number of aryl methyl sites for hydroxylation is 1. The topological polar surface area (TPSA) is 86.7 Å². The molecule has 0 aliphatic carbocycles. The van der Waals surface area contributed by atoms with Gasteiger partial charge in [-0.25, -0.2) is 0 Å². The van der Waals surface area contributed by atoms with E-state index >= 15 is 0 Å². The van der Waals surface area contributed by atoms with E-state index in [0.29, 0.717) is 7.11 Å². The summed E-state index contributed by atoms with van der Waals surface area (Å²) in [7, 11) is -7.26. The van der Waals surface area contributed by atoms with Crippen LogP contribution in [0.2, 0.25) is 0 Å². The van der Waals surface area contributed by atoms with Gasteiger partial charge in [0.1, 0.15) is 0 Å². The van der Waals surface area contributed by atoms with Crippen molar-refractivity contribution in [3.05, 3.63) is 29.8 Å². The van der Waals surface area contributed by atoms with E-state index in [1.165, 1.54) is 12.1 Å². The number of hydrogen-bond acceptors (Lipinski definition) is 6. The van der Waals surface area contributed by atoms with Crippen LogP contribution >= 0.6 is 0 Å². The van der Waals surface area contributed by atoms with Crippen molar-refractivity contribution in [1.29, 1.82) is 0 Å². The molecule has 0 amide bonds. The molecule has 11 heteroatoms. The summed E-state index contributed by atoms with van der Waals surface area (Å²) >= 11 is 0. The molecule has 0 aromatic heterocycles. The van der Waals surface area contributed by atoms with Gasteiger partial charge in [-0.15, -0.1) is 0 Å². The molecule has 0 bridgehead atoms. The second-order valence-electron chi connectivity index (χ2n) is 3.50. The SMILES string of the molecule is COS(=O)(=O)C(F)(F)F.COS(=O)(=O)c1ccc(C)cc1. The Morgan fingerprint density at radius 3 is 1.57 bits per heavy atom. The highest BCUT2D eigenvalue weighted by molar-refractivity contribution is 7.87. The lowest BCUT2D eigenvalue weighted by Gasteiger charge is -2.02. The van der Waals surface area contributed by atoms with Crippen LogP contribution in [-0.2, 0) is 28.6 Å². The zero-order valence-electron chi connectivity index (χ0n) is 11.2. The summed E-state index contributed by atoms with van der Waals surface area (Å²) in [6, 6.07) is 6.50. The first-order valence-corrected chi connectivity index (χ1v) is 7.93. The summed E-state index contributed by atoms with van der Waals surface area (Å²) in [5.74, 6) is 0. The van der Waals surface area contributed by atoms with E-state index in [1.54, 1.807) is 12.1 Å². The van der Waals surface area contributed by atoms with Gasteiger partial charge in [0.15, 0.2) is 0 Å². The van der Waals surface area contributed by atoms with E-state index in [4.69, 9.17) is 0 Å². The number of alkyl halides is 3. The van der Waals surface area contributed by atoms with E-state index < -0.39 is 25.7 Å². The summed E-state index contributed by atoms with van der Waals surface area (Å²) in [4.78, 5) is 0.190. The monoisotopic (exact) mass is 350 g/mol. The van der Waals surface area contributed by atoms with Crippen molar-refractivity contribution in [3.63, 3.8) is 0 Å². The number of rotatable bonds is 3. The molecule has 21 heavy (non-hydrogen) atoms. The first kappa shape index (κ1) is 19.8. The second kappa shape index (κ2) is 7.20. The lowest BCUT2D eigenvalue weighted by Crippen LogP contribution is -2.23. The van der Waals surface area contributed by atoms with Crippen LogP contribution in [0, 0.1) is 6.92 Å². The Hall–Kier alpha value is -1.17. The lowest BCUT2D eigenvalue weighted by atomic mass is 10.2. The average Bonchev–Trinajstić information content (AvgIpc) is 2.38. The molecular formula is C10H13F3O6S2. The highest BCUT2D eigenvalue weighted by Gasteiger charge is 2.46. The molecule has 1 aromatic carbocycles. The Bertz CT molecular complexity index is 647. The van der Waals surface area contributed by atoms with Crippen LogP contribution in [0.15, 0.2) is 29.2 Å². The highest BCUT2D eigenvalue weighted by Crippen LogP contribution is 2.23. The predicted octanol–water partition coefficient (Wildman–Crippen LogP) is 1.81. The van der Waals surface area contributed by atoms with Gasteiger partial charge in [-0.05, 0) is 19.1 Å². The molecule has 1 rings (SSSR count). The zero-order valence-corrected chi connectivity index (χ0v) is 12.8. The molecule has 0 N–H and O–H groups in total. The minimum Gasteiger partial charge on any atom is -0.270 e. The Labute approximate surface area is 120 Å². The fraction of sp³-hybridized carbons (Fsp3) is 0.400. The van der Waals surface area contributed by atoms with E-state index in [9.17, 15) is 30.0 Å². The quantitative estimate of drug-likeness (QED) is 0.610. The summed E-state index contributed by atoms with van der Waals surface area (Å²) in [6.45, 7) is 1.89. The minimum atomic E-state index is -5.34. The van der Waals surface area contributed by atoms with E-state index in [0.717, 1.165) is 12.7 Å². The largest absolute Gasteiger partial charge is 0.523 e. The van der Waals surface area contributed by atoms with Gasteiger partial charge >= 0.3 is 15.6 Å².